The highest BCUT2D eigenvalue weighted by Crippen LogP contribution is 2.16. The van der Waals surface area contributed by atoms with Gasteiger partial charge in [0.05, 0.1) is 0 Å². The monoisotopic (exact) mass is 384 g/mol. The number of aromatic nitrogens is 6. The first-order valence-corrected chi connectivity index (χ1v) is 8.97. The Kier molecular flexibility index (Phi) is 5.30. The molecule has 148 valence electrons. The summed E-state index contributed by atoms with van der Waals surface area (Å²) in [6, 6.07) is 4.58. The molecule has 0 aromatic carbocycles. The Labute approximate surface area is 162 Å². The van der Waals surface area contributed by atoms with E-state index in [1.165, 1.54) is 4.68 Å². The van der Waals surface area contributed by atoms with Gasteiger partial charge in [0.1, 0.15) is 6.04 Å². The zero-order valence-electron chi connectivity index (χ0n) is 16.6. The van der Waals surface area contributed by atoms with Crippen molar-refractivity contribution in [2.24, 2.45) is 14.1 Å². The van der Waals surface area contributed by atoms with Crippen LogP contribution in [0, 0.1) is 13.8 Å². The van der Waals surface area contributed by atoms with Crippen LogP contribution in [0.5, 0.6) is 0 Å². The van der Waals surface area contributed by atoms with Crippen molar-refractivity contribution in [3.8, 4) is 0 Å². The van der Waals surface area contributed by atoms with Gasteiger partial charge in [0.2, 0.25) is 5.91 Å². The van der Waals surface area contributed by atoms with Crippen LogP contribution >= 0.6 is 0 Å². The summed E-state index contributed by atoms with van der Waals surface area (Å²) in [5, 5.41) is 18.2. The zero-order valence-corrected chi connectivity index (χ0v) is 16.6. The van der Waals surface area contributed by atoms with E-state index < -0.39 is 6.04 Å². The summed E-state index contributed by atoms with van der Waals surface area (Å²) in [6.45, 7) is 5.68. The van der Waals surface area contributed by atoms with Crippen molar-refractivity contribution in [2.75, 3.05) is 10.6 Å². The van der Waals surface area contributed by atoms with Crippen LogP contribution in [0.15, 0.2) is 24.4 Å². The van der Waals surface area contributed by atoms with E-state index in [-0.39, 0.29) is 17.5 Å². The molecule has 28 heavy (non-hydrogen) atoms. The molecule has 3 rings (SSSR count). The summed E-state index contributed by atoms with van der Waals surface area (Å²) in [4.78, 5) is 25.1. The molecule has 3 aromatic heterocycles. The molecule has 10 heteroatoms. The number of nitrogens with zero attached hydrogens (tertiary/aromatic N) is 6. The average Bonchev–Trinajstić information content (AvgIpc) is 3.30. The van der Waals surface area contributed by atoms with E-state index >= 15 is 0 Å². The first kappa shape index (κ1) is 19.3. The highest BCUT2D eigenvalue weighted by molar-refractivity contribution is 6.02. The van der Waals surface area contributed by atoms with Gasteiger partial charge in [0.15, 0.2) is 17.3 Å². The van der Waals surface area contributed by atoms with Gasteiger partial charge in [0.25, 0.3) is 5.91 Å². The van der Waals surface area contributed by atoms with Crippen molar-refractivity contribution in [1.82, 2.24) is 29.3 Å². The molecule has 0 fully saturated rings. The molecule has 0 spiro atoms. The highest BCUT2D eigenvalue weighted by Gasteiger charge is 2.22. The highest BCUT2D eigenvalue weighted by atomic mass is 16.2. The lowest BCUT2D eigenvalue weighted by molar-refractivity contribution is -0.119. The van der Waals surface area contributed by atoms with Crippen molar-refractivity contribution in [3.05, 3.63) is 41.5 Å². The van der Waals surface area contributed by atoms with Crippen molar-refractivity contribution in [3.63, 3.8) is 0 Å². The predicted molar refractivity (Wildman–Crippen MR) is 104 cm³/mol. The summed E-state index contributed by atoms with van der Waals surface area (Å²) in [5.74, 6) is 0.317. The number of hydrogen-bond acceptors (Lipinski definition) is 5. The third-order valence-corrected chi connectivity index (χ3v) is 4.57. The molecule has 0 aliphatic carbocycles. The summed E-state index contributed by atoms with van der Waals surface area (Å²) in [6.07, 6.45) is 2.13. The number of nitrogens with one attached hydrogen (secondary N) is 2. The summed E-state index contributed by atoms with van der Waals surface area (Å²) in [5.41, 5.74) is 2.07. The fraction of sp³-hybridized carbons (Fsp3) is 0.389. The molecule has 0 saturated heterocycles. The number of aryl methyl sites for hydroxylation is 4. The zero-order chi connectivity index (χ0) is 20.4. The van der Waals surface area contributed by atoms with Crippen molar-refractivity contribution in [1.29, 1.82) is 0 Å². The van der Waals surface area contributed by atoms with Crippen LogP contribution < -0.4 is 10.6 Å². The van der Waals surface area contributed by atoms with Gasteiger partial charge in [-0.25, -0.2) is 0 Å². The van der Waals surface area contributed by atoms with Crippen LogP contribution in [-0.4, -0.2) is 41.2 Å². The van der Waals surface area contributed by atoms with Gasteiger partial charge in [-0.1, -0.05) is 6.92 Å². The third-order valence-electron chi connectivity index (χ3n) is 4.57. The van der Waals surface area contributed by atoms with E-state index in [1.54, 1.807) is 40.8 Å². The second-order valence-corrected chi connectivity index (χ2v) is 6.64. The Bertz CT molecular complexity index is 974. The smallest absolute Gasteiger partial charge is 0.277 e. The maximum atomic E-state index is 12.6. The molecule has 3 aromatic rings. The van der Waals surface area contributed by atoms with Gasteiger partial charge in [-0.2, -0.15) is 15.3 Å². The molecule has 10 nitrogen and oxygen atoms in total. The fourth-order valence-corrected chi connectivity index (χ4v) is 2.76. The molecular weight excluding hydrogens is 360 g/mol. The van der Waals surface area contributed by atoms with Gasteiger partial charge in [-0.05, 0) is 26.3 Å². The largest absolute Gasteiger partial charge is 0.307 e. The predicted octanol–water partition coefficient (Wildman–Crippen LogP) is 1.81. The average molecular weight is 384 g/mol. The van der Waals surface area contributed by atoms with Crippen LogP contribution in [0.2, 0.25) is 0 Å². The molecule has 3 heterocycles. The summed E-state index contributed by atoms with van der Waals surface area (Å²) < 4.78 is 4.85. The normalized spacial score (nSPS) is 12.0. The molecular formula is C18H24N8O2. The second kappa shape index (κ2) is 7.67. The SMILES string of the molecule is CC[C@H](C(=O)Nc1cc(C)n(C)n1)n1ccc(C(=O)Nc2cc(C)n(C)n2)n1. The Morgan fingerprint density at radius 2 is 1.57 bits per heavy atom. The maximum absolute atomic E-state index is 12.6. The fourth-order valence-electron chi connectivity index (χ4n) is 2.76. The third kappa shape index (κ3) is 3.95. The first-order chi connectivity index (χ1) is 13.3. The van der Waals surface area contributed by atoms with Gasteiger partial charge in [-0.3, -0.25) is 23.6 Å². The van der Waals surface area contributed by atoms with E-state index in [0.29, 0.717) is 18.1 Å². The van der Waals surface area contributed by atoms with Crippen LogP contribution in [0.4, 0.5) is 11.6 Å². The number of rotatable bonds is 6. The van der Waals surface area contributed by atoms with Crippen LogP contribution in [-0.2, 0) is 18.9 Å². The number of hydrogen-bond donors (Lipinski definition) is 2. The minimum Gasteiger partial charge on any atom is -0.307 e. The summed E-state index contributed by atoms with van der Waals surface area (Å²) >= 11 is 0. The van der Waals surface area contributed by atoms with E-state index in [4.69, 9.17) is 0 Å². The number of amides is 2. The van der Waals surface area contributed by atoms with Gasteiger partial charge in [0, 0.05) is 43.8 Å². The Morgan fingerprint density at radius 3 is 2.07 bits per heavy atom. The van der Waals surface area contributed by atoms with Crippen LogP contribution in [0.3, 0.4) is 0 Å². The number of carbonyl (C=O) groups is 2. The number of carbonyl (C=O) groups excluding carboxylic acids is 2. The molecule has 2 N–H and O–H groups in total. The minimum absolute atomic E-state index is 0.211. The second-order valence-electron chi connectivity index (χ2n) is 6.64. The van der Waals surface area contributed by atoms with Crippen LogP contribution in [0.1, 0.15) is 41.3 Å². The topological polar surface area (TPSA) is 112 Å². The van der Waals surface area contributed by atoms with Crippen molar-refractivity contribution < 1.29 is 9.59 Å². The summed E-state index contributed by atoms with van der Waals surface area (Å²) in [7, 11) is 3.61. The lowest BCUT2D eigenvalue weighted by Crippen LogP contribution is -2.26. The Morgan fingerprint density at radius 1 is 1.00 bits per heavy atom. The molecule has 2 amide bonds. The lowest BCUT2D eigenvalue weighted by Gasteiger charge is -2.14. The van der Waals surface area contributed by atoms with Gasteiger partial charge in [-0.15, -0.1) is 0 Å². The number of anilines is 2. The molecule has 0 unspecified atom stereocenters. The quantitative estimate of drug-likeness (QED) is 0.673. The van der Waals surface area contributed by atoms with Gasteiger partial charge >= 0.3 is 0 Å². The van der Waals surface area contributed by atoms with Crippen molar-refractivity contribution in [2.45, 2.75) is 33.2 Å². The maximum Gasteiger partial charge on any atom is 0.277 e. The van der Waals surface area contributed by atoms with E-state index in [9.17, 15) is 9.59 Å². The molecule has 0 radical (unpaired) electrons. The standard InChI is InChI=1S/C18H24N8O2/c1-6-14(18(28)20-16-10-12(3)25(5)23-16)26-8-7-13(21-26)17(27)19-15-9-11(2)24(4)22-15/h7-10,14H,6H2,1-5H3,(H,19,22,27)(H,20,23,28)/t14-/m1/s1. The Balaban J connectivity index is 1.71. The van der Waals surface area contributed by atoms with Gasteiger partial charge < -0.3 is 10.6 Å². The van der Waals surface area contributed by atoms with E-state index in [0.717, 1.165) is 11.4 Å². The molecule has 1 atom stereocenters. The molecule has 0 bridgehead atoms. The molecule has 0 saturated carbocycles. The van der Waals surface area contributed by atoms with E-state index in [2.05, 4.69) is 25.9 Å². The minimum atomic E-state index is -0.555. The van der Waals surface area contributed by atoms with Crippen molar-refractivity contribution >= 4 is 23.5 Å². The Hall–Kier alpha value is -3.43. The first-order valence-electron chi connectivity index (χ1n) is 8.97. The molecule has 0 aliphatic heterocycles. The van der Waals surface area contributed by atoms with Crippen LogP contribution in [0.25, 0.3) is 0 Å². The lowest BCUT2D eigenvalue weighted by atomic mass is 10.2. The molecule has 0 aliphatic rings. The van der Waals surface area contributed by atoms with E-state index in [1.807, 2.05) is 27.8 Å².